The molecule has 1 aliphatic rings. The van der Waals surface area contributed by atoms with Crippen LogP contribution in [0, 0.1) is 0 Å². The average molecular weight is 672 g/mol. The lowest BCUT2D eigenvalue weighted by molar-refractivity contribution is -0.118. The number of carbonyl (C=O) groups is 1. The van der Waals surface area contributed by atoms with E-state index in [0.29, 0.717) is 54.2 Å². The van der Waals surface area contributed by atoms with Crippen LogP contribution in [0.15, 0.2) is 62.3 Å². The molecule has 1 fully saturated rings. The van der Waals surface area contributed by atoms with Crippen LogP contribution in [0.3, 0.4) is 0 Å². The maximum absolute atomic E-state index is 12.9. The average Bonchev–Trinajstić information content (AvgIpc) is 2.96. The number of aromatic amines is 1. The van der Waals surface area contributed by atoms with Crippen LogP contribution in [-0.4, -0.2) is 49.8 Å². The van der Waals surface area contributed by atoms with Crippen LogP contribution in [0.1, 0.15) is 19.3 Å². The van der Waals surface area contributed by atoms with E-state index in [0.717, 1.165) is 13.1 Å². The van der Waals surface area contributed by atoms with Crippen molar-refractivity contribution in [3.63, 3.8) is 0 Å². The van der Waals surface area contributed by atoms with Crippen molar-refractivity contribution in [3.8, 4) is 28.6 Å². The van der Waals surface area contributed by atoms with E-state index in [1.807, 2.05) is 24.3 Å². The number of nitrogens with zero attached hydrogens (tertiary/aromatic N) is 2. The summed E-state index contributed by atoms with van der Waals surface area (Å²) in [6.45, 7) is 1.95. The summed E-state index contributed by atoms with van der Waals surface area (Å²) >= 11 is 7.04. The van der Waals surface area contributed by atoms with Gasteiger partial charge in [-0.15, -0.1) is 0 Å². The third kappa shape index (κ3) is 6.10. The third-order valence-electron chi connectivity index (χ3n) is 6.69. The highest BCUT2D eigenvalue weighted by atomic mass is 79.9. The van der Waals surface area contributed by atoms with Crippen molar-refractivity contribution in [3.05, 3.63) is 67.8 Å². The molecule has 9 nitrogen and oxygen atoms in total. The van der Waals surface area contributed by atoms with Crippen LogP contribution in [0.4, 0.5) is 11.4 Å². The molecule has 0 atom stereocenters. The minimum atomic E-state index is -0.340. The summed E-state index contributed by atoms with van der Waals surface area (Å²) in [5.74, 6) is 1.42. The molecule has 11 heteroatoms. The number of carbonyl (C=O) groups excluding carboxylic acids is 1. The van der Waals surface area contributed by atoms with Crippen molar-refractivity contribution >= 4 is 60.0 Å². The number of ether oxygens (including phenoxy) is 3. The number of hydrogen-bond donors (Lipinski definition) is 2. The second-order valence-electron chi connectivity index (χ2n) is 9.34. The maximum atomic E-state index is 12.9. The van der Waals surface area contributed by atoms with Crippen LogP contribution < -0.4 is 30.0 Å². The van der Waals surface area contributed by atoms with Crippen molar-refractivity contribution in [2.45, 2.75) is 19.3 Å². The summed E-state index contributed by atoms with van der Waals surface area (Å²) in [6, 6.07) is 14.7. The molecule has 0 bridgehead atoms. The zero-order valence-electron chi connectivity index (χ0n) is 22.1. The summed E-state index contributed by atoms with van der Waals surface area (Å²) in [4.78, 5) is 35.3. The predicted octanol–water partition coefficient (Wildman–Crippen LogP) is 6.14. The minimum absolute atomic E-state index is 0.185. The molecule has 0 aliphatic carbocycles. The number of piperidine rings is 1. The zero-order valence-corrected chi connectivity index (χ0v) is 25.2. The van der Waals surface area contributed by atoms with Crippen molar-refractivity contribution in [2.75, 3.05) is 44.1 Å². The van der Waals surface area contributed by atoms with Gasteiger partial charge in [0.15, 0.2) is 6.61 Å². The van der Waals surface area contributed by atoms with Gasteiger partial charge in [0.1, 0.15) is 28.5 Å². The fourth-order valence-electron chi connectivity index (χ4n) is 4.70. The van der Waals surface area contributed by atoms with Gasteiger partial charge < -0.3 is 29.4 Å². The lowest BCUT2D eigenvalue weighted by Gasteiger charge is -2.28. The van der Waals surface area contributed by atoms with Crippen molar-refractivity contribution < 1.29 is 19.0 Å². The van der Waals surface area contributed by atoms with E-state index in [1.54, 1.807) is 24.3 Å². The number of hydrogen-bond acceptors (Lipinski definition) is 7. The van der Waals surface area contributed by atoms with E-state index in [-0.39, 0.29) is 18.1 Å². The van der Waals surface area contributed by atoms with E-state index in [2.05, 4.69) is 52.0 Å². The summed E-state index contributed by atoms with van der Waals surface area (Å²) in [7, 11) is 3.02. The van der Waals surface area contributed by atoms with E-state index in [4.69, 9.17) is 14.2 Å². The number of fused-ring (bicyclic) bond motifs is 1. The number of halogens is 2. The van der Waals surface area contributed by atoms with E-state index < -0.39 is 0 Å². The molecule has 0 saturated carbocycles. The van der Waals surface area contributed by atoms with Crippen molar-refractivity contribution in [1.82, 2.24) is 9.97 Å². The summed E-state index contributed by atoms with van der Waals surface area (Å²) in [5, 5.41) is 3.21. The largest absolute Gasteiger partial charge is 0.497 e. The molecule has 1 amide bonds. The summed E-state index contributed by atoms with van der Waals surface area (Å²) in [5.41, 5.74) is 2.60. The van der Waals surface area contributed by atoms with Gasteiger partial charge in [0.2, 0.25) is 0 Å². The molecule has 5 rings (SSSR count). The number of aromatic nitrogens is 2. The molecule has 0 spiro atoms. The first kappa shape index (κ1) is 28.0. The first-order valence-electron chi connectivity index (χ1n) is 12.8. The van der Waals surface area contributed by atoms with Crippen LogP contribution in [0.2, 0.25) is 0 Å². The molecule has 3 aromatic carbocycles. The molecule has 1 saturated heterocycles. The highest BCUT2D eigenvalue weighted by Crippen LogP contribution is 2.38. The van der Waals surface area contributed by atoms with Crippen molar-refractivity contribution in [1.29, 1.82) is 0 Å². The molecule has 1 aliphatic heterocycles. The van der Waals surface area contributed by atoms with E-state index in [1.165, 1.54) is 39.2 Å². The maximum Gasteiger partial charge on any atom is 0.262 e. The Morgan fingerprint density at radius 3 is 2.35 bits per heavy atom. The first-order valence-corrected chi connectivity index (χ1v) is 14.4. The zero-order chi connectivity index (χ0) is 28.2. The summed E-state index contributed by atoms with van der Waals surface area (Å²) < 4.78 is 17.7. The Hall–Kier alpha value is -3.57. The second-order valence-corrected chi connectivity index (χ2v) is 11.0. The number of methoxy groups -OCH3 is 2. The number of amides is 1. The second kappa shape index (κ2) is 12.3. The molecule has 0 unspecified atom stereocenters. The van der Waals surface area contributed by atoms with Gasteiger partial charge in [0, 0.05) is 42.2 Å². The van der Waals surface area contributed by atoms with Gasteiger partial charge in [-0.1, -0.05) is 0 Å². The van der Waals surface area contributed by atoms with Crippen molar-refractivity contribution in [2.24, 2.45) is 0 Å². The minimum Gasteiger partial charge on any atom is -0.497 e. The molecular weight excluding hydrogens is 644 g/mol. The third-order valence-corrected chi connectivity index (χ3v) is 7.87. The quantitative estimate of drug-likeness (QED) is 0.232. The Balaban J connectivity index is 1.29. The summed E-state index contributed by atoms with van der Waals surface area (Å²) in [6.07, 6.45) is 3.71. The molecule has 2 heterocycles. The predicted molar refractivity (Wildman–Crippen MR) is 163 cm³/mol. The van der Waals surface area contributed by atoms with Gasteiger partial charge in [0.05, 0.1) is 28.7 Å². The molecule has 40 heavy (non-hydrogen) atoms. The van der Waals surface area contributed by atoms with E-state index in [9.17, 15) is 9.59 Å². The fraction of sp³-hybridized carbons (Fsp3) is 0.276. The lowest BCUT2D eigenvalue weighted by Crippen LogP contribution is -2.29. The van der Waals surface area contributed by atoms with E-state index >= 15 is 0 Å². The normalized spacial score (nSPS) is 13.2. The number of nitrogens with one attached hydrogen (secondary N) is 2. The molecule has 0 radical (unpaired) electrons. The standard InChI is InChI=1S/C29H28Br2N4O5/c1-38-20-14-23-26(24(15-20)39-2)29(37)34-28(33-23)17-12-21(30)27(22(31)13-17)40-16-25(36)32-18-6-8-19(9-7-18)35-10-4-3-5-11-35/h6-9,12-15H,3-5,10-11,16H2,1-2H3,(H,32,36)(H,33,34,37). The number of H-pyrrole nitrogens is 1. The van der Waals surface area contributed by atoms with Gasteiger partial charge in [-0.3, -0.25) is 9.59 Å². The van der Waals surface area contributed by atoms with Gasteiger partial charge in [0.25, 0.3) is 11.5 Å². The number of rotatable bonds is 8. The van der Waals surface area contributed by atoms with Gasteiger partial charge in [-0.2, -0.15) is 0 Å². The Morgan fingerprint density at radius 2 is 1.70 bits per heavy atom. The Kier molecular flexibility index (Phi) is 8.60. The van der Waals surface area contributed by atoms with Gasteiger partial charge in [-0.05, 0) is 87.5 Å². The van der Waals surface area contributed by atoms with Crippen LogP contribution >= 0.6 is 31.9 Å². The number of anilines is 2. The van der Waals surface area contributed by atoms with Crippen LogP contribution in [-0.2, 0) is 4.79 Å². The monoisotopic (exact) mass is 670 g/mol. The highest BCUT2D eigenvalue weighted by molar-refractivity contribution is 9.11. The molecule has 1 aromatic heterocycles. The topological polar surface area (TPSA) is 106 Å². The smallest absolute Gasteiger partial charge is 0.262 e. The SMILES string of the molecule is COc1cc(OC)c2c(=O)[nH]c(-c3cc(Br)c(OCC(=O)Nc4ccc(N5CCCCC5)cc4)c(Br)c3)nc2c1. The first-order chi connectivity index (χ1) is 19.4. The molecule has 4 aromatic rings. The molecule has 208 valence electrons. The fourth-order valence-corrected chi connectivity index (χ4v) is 6.12. The van der Waals surface area contributed by atoms with Crippen LogP contribution in [0.5, 0.6) is 17.2 Å². The lowest BCUT2D eigenvalue weighted by atomic mass is 10.1. The Bertz CT molecular complexity index is 1580. The van der Waals surface area contributed by atoms with Gasteiger partial charge in [-0.25, -0.2) is 4.98 Å². The molecular formula is C29H28Br2N4O5. The molecule has 2 N–H and O–H groups in total. The van der Waals surface area contributed by atoms with Gasteiger partial charge >= 0.3 is 0 Å². The Labute approximate surface area is 248 Å². The highest BCUT2D eigenvalue weighted by Gasteiger charge is 2.17. The Morgan fingerprint density at radius 1 is 1.00 bits per heavy atom. The van der Waals surface area contributed by atoms with Crippen LogP contribution in [0.25, 0.3) is 22.3 Å². The number of benzene rings is 3.